The first-order valence-electron chi connectivity index (χ1n) is 13.7. The van der Waals surface area contributed by atoms with Gasteiger partial charge < -0.3 is 29.0 Å². The largest absolute Gasteiger partial charge is 0.493 e. The van der Waals surface area contributed by atoms with E-state index in [0.717, 1.165) is 5.56 Å². The number of rotatable bonds is 14. The van der Waals surface area contributed by atoms with E-state index in [0.29, 0.717) is 61.5 Å². The highest BCUT2D eigenvalue weighted by Crippen LogP contribution is 2.32. The molecule has 1 N–H and O–H groups in total. The van der Waals surface area contributed by atoms with Gasteiger partial charge in [-0.15, -0.1) is 0 Å². The maximum Gasteiger partial charge on any atom is 0.341 e. The Labute approximate surface area is 240 Å². The SMILES string of the molecule is CCC(C)(C)C(=O)C(=O)N1CCC[C@H]1C(=O)OC(CCc1ccc(OC)c(OC)c1)c1cccc(OCC(=O)O)c1. The third-order valence-electron chi connectivity index (χ3n) is 7.47. The fourth-order valence-corrected chi connectivity index (χ4v) is 4.63. The molecule has 0 saturated carbocycles. The van der Waals surface area contributed by atoms with Gasteiger partial charge >= 0.3 is 11.9 Å². The lowest BCUT2D eigenvalue weighted by Crippen LogP contribution is -2.48. The molecule has 2 aromatic carbocycles. The van der Waals surface area contributed by atoms with Crippen molar-refractivity contribution in [2.24, 2.45) is 5.41 Å². The topological polar surface area (TPSA) is 129 Å². The first-order chi connectivity index (χ1) is 19.5. The fourth-order valence-electron chi connectivity index (χ4n) is 4.63. The first kappa shape index (κ1) is 31.4. The summed E-state index contributed by atoms with van der Waals surface area (Å²) in [6.45, 7) is 5.08. The molecular weight excluding hydrogens is 530 g/mol. The van der Waals surface area contributed by atoms with E-state index < -0.39 is 47.8 Å². The minimum absolute atomic E-state index is 0.305. The van der Waals surface area contributed by atoms with Crippen LogP contribution < -0.4 is 14.2 Å². The standard InChI is InChI=1S/C31H39NO9/c1-6-31(2,3)28(35)29(36)32-16-8-11-23(32)30(37)41-24(21-9-7-10-22(18-21)40-19-27(33)34)14-12-20-13-15-25(38-4)26(17-20)39-5/h7,9-10,13,15,17-18,23-24H,6,8,11-12,14,16,19H2,1-5H3,(H,33,34)/t23-,24?/m0/s1. The highest BCUT2D eigenvalue weighted by atomic mass is 16.5. The van der Waals surface area contributed by atoms with E-state index in [4.69, 9.17) is 24.1 Å². The van der Waals surface area contributed by atoms with Crippen LogP contribution in [0.1, 0.15) is 63.7 Å². The molecule has 0 aromatic heterocycles. The van der Waals surface area contributed by atoms with Crippen LogP contribution in [0.4, 0.5) is 0 Å². The number of esters is 1. The van der Waals surface area contributed by atoms with Crippen LogP contribution in [0.2, 0.25) is 0 Å². The van der Waals surface area contributed by atoms with Crippen molar-refractivity contribution in [3.05, 3.63) is 53.6 Å². The molecule has 2 atom stereocenters. The number of ketones is 1. The minimum Gasteiger partial charge on any atom is -0.493 e. The second kappa shape index (κ2) is 14.0. The Kier molecular flexibility index (Phi) is 10.7. The number of hydrogen-bond donors (Lipinski definition) is 1. The Balaban J connectivity index is 1.84. The summed E-state index contributed by atoms with van der Waals surface area (Å²) >= 11 is 0. The number of likely N-dealkylation sites (tertiary alicyclic amines) is 1. The molecular formula is C31H39NO9. The summed E-state index contributed by atoms with van der Waals surface area (Å²) in [4.78, 5) is 51.8. The number of carbonyl (C=O) groups is 4. The summed E-state index contributed by atoms with van der Waals surface area (Å²) in [6.07, 6.45) is 1.64. The van der Waals surface area contributed by atoms with E-state index in [9.17, 15) is 19.2 Å². The summed E-state index contributed by atoms with van der Waals surface area (Å²) in [7, 11) is 3.11. The third-order valence-corrected chi connectivity index (χ3v) is 7.47. The van der Waals surface area contributed by atoms with Gasteiger partial charge in [0.15, 0.2) is 18.1 Å². The van der Waals surface area contributed by atoms with Crippen molar-refractivity contribution in [2.75, 3.05) is 27.4 Å². The molecule has 10 nitrogen and oxygen atoms in total. The molecule has 0 bridgehead atoms. The van der Waals surface area contributed by atoms with E-state index in [-0.39, 0.29) is 0 Å². The highest BCUT2D eigenvalue weighted by Gasteiger charge is 2.42. The van der Waals surface area contributed by atoms with Gasteiger partial charge in [0.1, 0.15) is 17.9 Å². The number of aryl methyl sites for hydroxylation is 1. The number of carbonyl (C=O) groups excluding carboxylic acids is 3. The monoisotopic (exact) mass is 569 g/mol. The smallest absolute Gasteiger partial charge is 0.341 e. The Morgan fingerprint density at radius 3 is 2.44 bits per heavy atom. The lowest BCUT2D eigenvalue weighted by Gasteiger charge is -2.28. The maximum atomic E-state index is 13.5. The molecule has 1 amide bonds. The summed E-state index contributed by atoms with van der Waals surface area (Å²) in [5.41, 5.74) is 0.708. The van der Waals surface area contributed by atoms with Crippen molar-refractivity contribution < 1.29 is 43.2 Å². The van der Waals surface area contributed by atoms with Gasteiger partial charge in [-0.25, -0.2) is 9.59 Å². The Morgan fingerprint density at radius 2 is 1.78 bits per heavy atom. The quantitative estimate of drug-likeness (QED) is 0.260. The van der Waals surface area contributed by atoms with Crippen LogP contribution in [-0.2, 0) is 30.3 Å². The average Bonchev–Trinajstić information content (AvgIpc) is 3.47. The summed E-state index contributed by atoms with van der Waals surface area (Å²) < 4.78 is 22.1. The highest BCUT2D eigenvalue weighted by molar-refractivity contribution is 6.38. The van der Waals surface area contributed by atoms with Crippen molar-refractivity contribution in [1.29, 1.82) is 0 Å². The third kappa shape index (κ3) is 7.99. The maximum absolute atomic E-state index is 13.5. The number of carboxylic acids is 1. The van der Waals surface area contributed by atoms with Crippen molar-refractivity contribution in [2.45, 2.75) is 65.0 Å². The lowest BCUT2D eigenvalue weighted by molar-refractivity contribution is -0.161. The number of ether oxygens (including phenoxy) is 4. The van der Waals surface area contributed by atoms with Crippen molar-refractivity contribution in [1.82, 2.24) is 4.90 Å². The second-order valence-electron chi connectivity index (χ2n) is 10.6. The van der Waals surface area contributed by atoms with Gasteiger partial charge in [0.25, 0.3) is 5.91 Å². The molecule has 0 aliphatic carbocycles. The molecule has 0 spiro atoms. The molecule has 3 rings (SSSR count). The fraction of sp³-hybridized carbons (Fsp3) is 0.484. The molecule has 1 fully saturated rings. The molecule has 1 aliphatic rings. The predicted molar refractivity (Wildman–Crippen MR) is 150 cm³/mol. The number of benzene rings is 2. The molecule has 10 heteroatoms. The number of carboxylic acid groups (broad SMARTS) is 1. The number of methoxy groups -OCH3 is 2. The lowest BCUT2D eigenvalue weighted by atomic mass is 9.84. The second-order valence-corrected chi connectivity index (χ2v) is 10.6. The van der Waals surface area contributed by atoms with Crippen LogP contribution in [0.5, 0.6) is 17.2 Å². The number of nitrogens with zero attached hydrogens (tertiary/aromatic N) is 1. The van der Waals surface area contributed by atoms with Crippen LogP contribution in [-0.4, -0.2) is 67.0 Å². The van der Waals surface area contributed by atoms with E-state index in [1.165, 1.54) is 4.90 Å². The van der Waals surface area contributed by atoms with Gasteiger partial charge in [0.2, 0.25) is 5.78 Å². The van der Waals surface area contributed by atoms with Crippen LogP contribution in [0, 0.1) is 5.41 Å². The van der Waals surface area contributed by atoms with Crippen molar-refractivity contribution >= 4 is 23.6 Å². The predicted octanol–water partition coefficient (Wildman–Crippen LogP) is 4.38. The summed E-state index contributed by atoms with van der Waals surface area (Å²) in [5.74, 6) is -1.40. The van der Waals surface area contributed by atoms with Crippen LogP contribution in [0.3, 0.4) is 0 Å². The minimum atomic E-state index is -1.11. The van der Waals surface area contributed by atoms with Crippen molar-refractivity contribution in [3.8, 4) is 17.2 Å². The zero-order valence-electron chi connectivity index (χ0n) is 24.3. The van der Waals surface area contributed by atoms with E-state index >= 15 is 0 Å². The van der Waals surface area contributed by atoms with Gasteiger partial charge in [-0.05, 0) is 67.5 Å². The molecule has 2 aromatic rings. The number of hydrogen-bond acceptors (Lipinski definition) is 8. The molecule has 1 unspecified atom stereocenters. The average molecular weight is 570 g/mol. The molecule has 222 valence electrons. The molecule has 1 heterocycles. The zero-order chi connectivity index (χ0) is 30.2. The number of aliphatic carboxylic acids is 1. The van der Waals surface area contributed by atoms with Crippen molar-refractivity contribution in [3.63, 3.8) is 0 Å². The van der Waals surface area contributed by atoms with Crippen LogP contribution in [0.25, 0.3) is 0 Å². The van der Waals surface area contributed by atoms with Crippen LogP contribution >= 0.6 is 0 Å². The van der Waals surface area contributed by atoms with Gasteiger partial charge in [0, 0.05) is 12.0 Å². The summed E-state index contributed by atoms with van der Waals surface area (Å²) in [6, 6.07) is 11.4. The normalized spacial score (nSPS) is 15.6. The Bertz CT molecular complexity index is 1260. The molecule has 1 aliphatic heterocycles. The first-order valence-corrected chi connectivity index (χ1v) is 13.7. The number of amides is 1. The number of Topliss-reactive ketones (excluding diaryl/α,β-unsaturated/α-hetero) is 1. The van der Waals surface area contributed by atoms with E-state index in [1.54, 1.807) is 58.4 Å². The molecule has 1 saturated heterocycles. The van der Waals surface area contributed by atoms with Gasteiger partial charge in [-0.1, -0.05) is 39.0 Å². The molecule has 0 radical (unpaired) electrons. The van der Waals surface area contributed by atoms with Gasteiger partial charge in [-0.2, -0.15) is 0 Å². The van der Waals surface area contributed by atoms with E-state index in [2.05, 4.69) is 0 Å². The summed E-state index contributed by atoms with van der Waals surface area (Å²) in [5, 5.41) is 8.99. The van der Waals surface area contributed by atoms with Gasteiger partial charge in [-0.3, -0.25) is 9.59 Å². The zero-order valence-corrected chi connectivity index (χ0v) is 24.3. The van der Waals surface area contributed by atoms with E-state index in [1.807, 2.05) is 19.1 Å². The van der Waals surface area contributed by atoms with Gasteiger partial charge in [0.05, 0.1) is 14.2 Å². The Hall–Kier alpha value is -4.08. The van der Waals surface area contributed by atoms with Crippen LogP contribution in [0.15, 0.2) is 42.5 Å². The molecule has 41 heavy (non-hydrogen) atoms. The Morgan fingerprint density at radius 1 is 1.05 bits per heavy atom.